The van der Waals surface area contributed by atoms with E-state index in [1.165, 1.54) is 122 Å². The first-order valence-corrected chi connectivity index (χ1v) is 12.7. The van der Waals surface area contributed by atoms with Gasteiger partial charge >= 0.3 is 0 Å². The van der Waals surface area contributed by atoms with Crippen molar-refractivity contribution in [3.05, 3.63) is 12.7 Å². The van der Waals surface area contributed by atoms with Crippen molar-refractivity contribution in [1.29, 1.82) is 0 Å². The number of rotatable bonds is 23. The van der Waals surface area contributed by atoms with Crippen molar-refractivity contribution < 1.29 is 4.79 Å². The Morgan fingerprint density at radius 3 is 1.25 bits per heavy atom. The lowest BCUT2D eigenvalue weighted by Crippen LogP contribution is -2.22. The van der Waals surface area contributed by atoms with Gasteiger partial charge in [-0.15, -0.1) is 6.58 Å². The molecular weight excluding hydrogens is 342 g/mol. The molecule has 0 unspecified atom stereocenters. The molecule has 0 atom stereocenters. The average Bonchev–Trinajstić information content (AvgIpc) is 2.70. The average molecular weight is 394 g/mol. The molecular formula is C26H51NO. The van der Waals surface area contributed by atoms with Crippen molar-refractivity contribution in [3.63, 3.8) is 0 Å². The highest BCUT2D eigenvalue weighted by Crippen LogP contribution is 2.15. The molecule has 2 heteroatoms. The third-order valence-electron chi connectivity index (χ3n) is 5.70. The topological polar surface area (TPSA) is 29.1 Å². The van der Waals surface area contributed by atoms with Crippen molar-refractivity contribution in [2.24, 2.45) is 0 Å². The molecule has 166 valence electrons. The fourth-order valence-corrected chi connectivity index (χ4v) is 3.82. The van der Waals surface area contributed by atoms with E-state index in [2.05, 4.69) is 18.8 Å². The molecule has 0 rings (SSSR count). The molecule has 0 bridgehead atoms. The number of carbonyl (C=O) groups excluding carboxylic acids is 1. The number of unbranched alkanes of at least 4 members (excludes halogenated alkanes) is 19. The Hall–Kier alpha value is -0.790. The normalized spacial score (nSPS) is 10.9. The predicted molar refractivity (Wildman–Crippen MR) is 126 cm³/mol. The molecule has 0 spiro atoms. The summed E-state index contributed by atoms with van der Waals surface area (Å²) in [5, 5.41) is 2.84. The quantitative estimate of drug-likeness (QED) is 0.137. The van der Waals surface area contributed by atoms with Crippen LogP contribution < -0.4 is 5.32 Å². The fourth-order valence-electron chi connectivity index (χ4n) is 3.82. The molecule has 0 aliphatic heterocycles. The molecule has 0 aliphatic rings. The summed E-state index contributed by atoms with van der Waals surface area (Å²) in [5.41, 5.74) is 0. The number of amides is 1. The third-order valence-corrected chi connectivity index (χ3v) is 5.70. The zero-order chi connectivity index (χ0) is 20.5. The second kappa shape index (κ2) is 24.2. The van der Waals surface area contributed by atoms with Gasteiger partial charge in [-0.25, -0.2) is 0 Å². The van der Waals surface area contributed by atoms with E-state index in [-0.39, 0.29) is 5.91 Å². The molecule has 0 saturated carbocycles. The third kappa shape index (κ3) is 23.2. The maximum Gasteiger partial charge on any atom is 0.220 e. The Morgan fingerprint density at radius 1 is 0.607 bits per heavy atom. The van der Waals surface area contributed by atoms with Crippen molar-refractivity contribution in [3.8, 4) is 0 Å². The Bertz CT molecular complexity index is 326. The largest absolute Gasteiger partial charge is 0.353 e. The van der Waals surface area contributed by atoms with E-state index in [1.807, 2.05) is 0 Å². The molecule has 0 radical (unpaired) electrons. The molecule has 0 heterocycles. The van der Waals surface area contributed by atoms with Crippen LogP contribution in [0.4, 0.5) is 0 Å². The second-order valence-corrected chi connectivity index (χ2v) is 8.56. The van der Waals surface area contributed by atoms with Crippen LogP contribution in [0.3, 0.4) is 0 Å². The maximum absolute atomic E-state index is 11.4. The summed E-state index contributed by atoms with van der Waals surface area (Å²) in [6, 6.07) is 0. The molecule has 0 aromatic rings. The summed E-state index contributed by atoms with van der Waals surface area (Å²) in [4.78, 5) is 11.4. The van der Waals surface area contributed by atoms with E-state index >= 15 is 0 Å². The number of nitrogens with one attached hydrogen (secondary N) is 1. The summed E-state index contributed by atoms with van der Waals surface area (Å²) >= 11 is 0. The van der Waals surface area contributed by atoms with Crippen LogP contribution in [0.1, 0.15) is 142 Å². The van der Waals surface area contributed by atoms with Crippen molar-refractivity contribution >= 4 is 5.91 Å². The number of carbonyl (C=O) groups is 1. The molecule has 1 amide bonds. The molecule has 0 aromatic heterocycles. The van der Waals surface area contributed by atoms with E-state index in [0.717, 1.165) is 6.42 Å². The zero-order valence-electron chi connectivity index (χ0n) is 19.2. The van der Waals surface area contributed by atoms with Crippen LogP contribution >= 0.6 is 0 Å². The lowest BCUT2D eigenvalue weighted by molar-refractivity contribution is -0.121. The number of hydrogen-bond donors (Lipinski definition) is 1. The van der Waals surface area contributed by atoms with E-state index in [4.69, 9.17) is 0 Å². The summed E-state index contributed by atoms with van der Waals surface area (Å²) in [6.07, 6.45) is 30.2. The Balaban J connectivity index is 3.05. The zero-order valence-corrected chi connectivity index (χ0v) is 19.2. The van der Waals surface area contributed by atoms with E-state index in [1.54, 1.807) is 6.08 Å². The smallest absolute Gasteiger partial charge is 0.220 e. The molecule has 0 saturated heterocycles. The van der Waals surface area contributed by atoms with Gasteiger partial charge in [-0.3, -0.25) is 4.79 Å². The summed E-state index contributed by atoms with van der Waals surface area (Å²) in [7, 11) is 0. The highest BCUT2D eigenvalue weighted by Gasteiger charge is 1.99. The summed E-state index contributed by atoms with van der Waals surface area (Å²) in [5.74, 6) is 0.169. The minimum Gasteiger partial charge on any atom is -0.353 e. The van der Waals surface area contributed by atoms with Crippen molar-refractivity contribution in [2.45, 2.75) is 142 Å². The first kappa shape index (κ1) is 27.2. The molecule has 1 N–H and O–H groups in total. The Morgan fingerprint density at radius 2 is 0.929 bits per heavy atom. The fraction of sp³-hybridized carbons (Fsp3) is 0.885. The minimum absolute atomic E-state index is 0.169. The van der Waals surface area contributed by atoms with Crippen LogP contribution in [0.15, 0.2) is 12.7 Å². The molecule has 0 fully saturated rings. The molecule has 0 aliphatic carbocycles. The van der Waals surface area contributed by atoms with Crippen LogP contribution in [0.2, 0.25) is 0 Å². The molecule has 0 aromatic carbocycles. The van der Waals surface area contributed by atoms with Gasteiger partial charge in [-0.1, -0.05) is 135 Å². The van der Waals surface area contributed by atoms with Gasteiger partial charge < -0.3 is 5.32 Å². The van der Waals surface area contributed by atoms with E-state index in [0.29, 0.717) is 13.0 Å². The van der Waals surface area contributed by atoms with Gasteiger partial charge in [-0.05, 0) is 6.42 Å². The lowest BCUT2D eigenvalue weighted by atomic mass is 10.0. The second-order valence-electron chi connectivity index (χ2n) is 8.56. The summed E-state index contributed by atoms with van der Waals surface area (Å²) < 4.78 is 0. The van der Waals surface area contributed by atoms with Gasteiger partial charge in [0.05, 0.1) is 0 Å². The predicted octanol–water partition coefficient (Wildman–Crippen LogP) is 8.50. The van der Waals surface area contributed by atoms with Crippen LogP contribution in [-0.2, 0) is 4.79 Å². The lowest BCUT2D eigenvalue weighted by Gasteiger charge is -2.04. The van der Waals surface area contributed by atoms with Gasteiger partial charge in [0.2, 0.25) is 5.91 Å². The van der Waals surface area contributed by atoms with E-state index in [9.17, 15) is 4.79 Å². The summed E-state index contributed by atoms with van der Waals surface area (Å²) in [6.45, 7) is 6.49. The Kier molecular flexibility index (Phi) is 23.6. The van der Waals surface area contributed by atoms with Gasteiger partial charge in [0.25, 0.3) is 0 Å². The van der Waals surface area contributed by atoms with Gasteiger partial charge in [0, 0.05) is 13.0 Å². The maximum atomic E-state index is 11.4. The SMILES string of the molecule is C=CCNC(=O)CCCCCCCCCCCCCCCCCCCCCC. The highest BCUT2D eigenvalue weighted by atomic mass is 16.1. The molecule has 2 nitrogen and oxygen atoms in total. The molecule has 28 heavy (non-hydrogen) atoms. The van der Waals surface area contributed by atoms with Crippen LogP contribution in [0.25, 0.3) is 0 Å². The van der Waals surface area contributed by atoms with Gasteiger partial charge in [0.1, 0.15) is 0 Å². The van der Waals surface area contributed by atoms with Gasteiger partial charge in [-0.2, -0.15) is 0 Å². The van der Waals surface area contributed by atoms with Crippen LogP contribution in [-0.4, -0.2) is 12.5 Å². The Labute approximate surface area is 177 Å². The minimum atomic E-state index is 0.169. The monoisotopic (exact) mass is 393 g/mol. The van der Waals surface area contributed by atoms with E-state index < -0.39 is 0 Å². The van der Waals surface area contributed by atoms with Crippen LogP contribution in [0.5, 0.6) is 0 Å². The van der Waals surface area contributed by atoms with Gasteiger partial charge in [0.15, 0.2) is 0 Å². The van der Waals surface area contributed by atoms with Crippen LogP contribution in [0, 0.1) is 0 Å². The van der Waals surface area contributed by atoms with Crippen molar-refractivity contribution in [1.82, 2.24) is 5.32 Å². The first-order chi connectivity index (χ1) is 13.8. The highest BCUT2D eigenvalue weighted by molar-refractivity contribution is 5.75. The number of hydrogen-bond acceptors (Lipinski definition) is 1. The first-order valence-electron chi connectivity index (χ1n) is 12.7. The van der Waals surface area contributed by atoms with Crippen molar-refractivity contribution in [2.75, 3.05) is 6.54 Å². The standard InChI is InChI=1S/C26H51NO/c1-3-5-6-7-8-9-10-11-12-13-14-15-16-17-18-19-20-21-22-23-24-26(28)27-25-4-2/h4H,2-3,5-25H2,1H3,(H,27,28).